The van der Waals surface area contributed by atoms with Crippen molar-refractivity contribution in [3.63, 3.8) is 0 Å². The van der Waals surface area contributed by atoms with Gasteiger partial charge in [0.15, 0.2) is 0 Å². The highest BCUT2D eigenvalue weighted by Crippen LogP contribution is 2.00. The summed E-state index contributed by atoms with van der Waals surface area (Å²) in [7, 11) is 0. The van der Waals surface area contributed by atoms with Crippen molar-refractivity contribution in [1.82, 2.24) is 5.32 Å². The Labute approximate surface area is 102 Å². The van der Waals surface area contributed by atoms with E-state index in [1.807, 2.05) is 30.3 Å². The van der Waals surface area contributed by atoms with Crippen LogP contribution in [0.25, 0.3) is 0 Å². The van der Waals surface area contributed by atoms with Crippen LogP contribution in [0.15, 0.2) is 30.3 Å². The molecule has 1 amide bonds. The van der Waals surface area contributed by atoms with Gasteiger partial charge in [-0.1, -0.05) is 43.2 Å². The molecule has 0 aromatic heterocycles. The van der Waals surface area contributed by atoms with Crippen molar-refractivity contribution in [2.75, 3.05) is 6.54 Å². The lowest BCUT2D eigenvalue weighted by molar-refractivity contribution is 0.141. The van der Waals surface area contributed by atoms with E-state index in [2.05, 4.69) is 24.1 Å². The molecule has 0 aliphatic heterocycles. The summed E-state index contributed by atoms with van der Waals surface area (Å²) >= 11 is 0. The van der Waals surface area contributed by atoms with Crippen LogP contribution in [0.2, 0.25) is 0 Å². The first kappa shape index (κ1) is 13.1. The fourth-order valence-electron chi connectivity index (χ4n) is 1.17. The first-order chi connectivity index (χ1) is 8.33. The zero-order valence-corrected chi connectivity index (χ0v) is 10.0. The molecular weight excluding hydrogens is 214 g/mol. The second-order valence-electron chi connectivity index (χ2n) is 3.52. The minimum atomic E-state index is -0.431. The van der Waals surface area contributed by atoms with Gasteiger partial charge in [-0.3, -0.25) is 0 Å². The van der Waals surface area contributed by atoms with Crippen LogP contribution in [0.3, 0.4) is 0 Å². The lowest BCUT2D eigenvalue weighted by atomic mass is 10.2. The van der Waals surface area contributed by atoms with Gasteiger partial charge in [0.25, 0.3) is 0 Å². The molecule has 3 nitrogen and oxygen atoms in total. The lowest BCUT2D eigenvalue weighted by Gasteiger charge is -2.04. The molecule has 3 heteroatoms. The van der Waals surface area contributed by atoms with Crippen LogP contribution < -0.4 is 5.32 Å². The molecule has 0 fully saturated rings. The largest absolute Gasteiger partial charge is 0.445 e. The number of hydrogen-bond acceptors (Lipinski definition) is 2. The summed E-state index contributed by atoms with van der Waals surface area (Å²) in [6.45, 7) is 2.69. The van der Waals surface area contributed by atoms with Crippen molar-refractivity contribution in [2.45, 2.75) is 26.4 Å². The Morgan fingerprint density at radius 1 is 1.29 bits per heavy atom. The van der Waals surface area contributed by atoms with Crippen LogP contribution in [0.1, 0.15) is 25.3 Å². The van der Waals surface area contributed by atoms with Gasteiger partial charge in [-0.25, -0.2) is 4.79 Å². The highest BCUT2D eigenvalue weighted by Gasteiger charge is 1.99. The summed E-state index contributed by atoms with van der Waals surface area (Å²) in [5.41, 5.74) is 0.972. The Morgan fingerprint density at radius 3 is 2.76 bits per heavy atom. The molecule has 1 aromatic carbocycles. The number of rotatable bonds is 4. The third kappa shape index (κ3) is 6.26. The second kappa shape index (κ2) is 8.23. The zero-order chi connectivity index (χ0) is 12.3. The normalized spacial score (nSPS) is 9.00. The van der Waals surface area contributed by atoms with Crippen molar-refractivity contribution >= 4 is 6.09 Å². The second-order valence-corrected chi connectivity index (χ2v) is 3.52. The standard InChI is InChI=1S/C14H17NO2/c1-2-3-4-8-11-15-14(16)17-12-13-9-6-5-7-10-13/h5-7,9-10H,2-3,11-12H2,1H3,(H,15,16). The fraction of sp³-hybridized carbons (Fsp3) is 0.357. The number of unbranched alkanes of at least 4 members (excludes halogenated alkanes) is 1. The molecule has 0 saturated carbocycles. The summed E-state index contributed by atoms with van der Waals surface area (Å²) in [4.78, 5) is 11.2. The number of hydrogen-bond donors (Lipinski definition) is 1. The molecule has 1 N–H and O–H groups in total. The smallest absolute Gasteiger partial charge is 0.408 e. The van der Waals surface area contributed by atoms with E-state index in [-0.39, 0.29) is 6.61 Å². The van der Waals surface area contributed by atoms with Gasteiger partial charge in [0.1, 0.15) is 6.61 Å². The van der Waals surface area contributed by atoms with Gasteiger partial charge < -0.3 is 10.1 Å². The average molecular weight is 231 g/mol. The van der Waals surface area contributed by atoms with E-state index in [1.165, 1.54) is 0 Å². The first-order valence-corrected chi connectivity index (χ1v) is 5.73. The SMILES string of the molecule is CCCC#CCNC(=O)OCc1ccccc1. The number of carbonyl (C=O) groups excluding carboxylic acids is 1. The summed E-state index contributed by atoms with van der Waals surface area (Å²) in [5.74, 6) is 5.80. The third-order valence-electron chi connectivity index (χ3n) is 2.03. The maximum absolute atomic E-state index is 11.2. The lowest BCUT2D eigenvalue weighted by Crippen LogP contribution is -2.24. The molecule has 1 aromatic rings. The molecule has 0 atom stereocenters. The van der Waals surface area contributed by atoms with Crippen molar-refractivity contribution < 1.29 is 9.53 Å². The molecule has 17 heavy (non-hydrogen) atoms. The Morgan fingerprint density at radius 2 is 2.06 bits per heavy atom. The molecule has 0 unspecified atom stereocenters. The van der Waals surface area contributed by atoms with Gasteiger partial charge in [-0.15, -0.1) is 5.92 Å². The number of alkyl carbamates (subject to hydrolysis) is 1. The minimum Gasteiger partial charge on any atom is -0.445 e. The van der Waals surface area contributed by atoms with E-state index in [1.54, 1.807) is 0 Å². The predicted molar refractivity (Wildman–Crippen MR) is 67.3 cm³/mol. The molecule has 0 aliphatic rings. The van der Waals surface area contributed by atoms with E-state index in [0.717, 1.165) is 18.4 Å². The van der Waals surface area contributed by atoms with E-state index < -0.39 is 6.09 Å². The van der Waals surface area contributed by atoms with E-state index in [4.69, 9.17) is 4.74 Å². The molecule has 0 spiro atoms. The molecule has 90 valence electrons. The predicted octanol–water partition coefficient (Wildman–Crippen LogP) is 2.72. The Kier molecular flexibility index (Phi) is 6.35. The van der Waals surface area contributed by atoms with Gasteiger partial charge in [-0.05, 0) is 12.0 Å². The monoisotopic (exact) mass is 231 g/mol. The average Bonchev–Trinajstić information content (AvgIpc) is 2.37. The zero-order valence-electron chi connectivity index (χ0n) is 10.0. The van der Waals surface area contributed by atoms with Crippen molar-refractivity contribution in [3.8, 4) is 11.8 Å². The number of benzene rings is 1. The Hall–Kier alpha value is -1.95. The molecule has 0 radical (unpaired) electrons. The van der Waals surface area contributed by atoms with Crippen LogP contribution >= 0.6 is 0 Å². The van der Waals surface area contributed by atoms with E-state index in [0.29, 0.717) is 6.54 Å². The molecule has 0 saturated heterocycles. The van der Waals surface area contributed by atoms with Crippen LogP contribution in [0, 0.1) is 11.8 Å². The fourth-order valence-corrected chi connectivity index (χ4v) is 1.17. The summed E-state index contributed by atoms with van der Waals surface area (Å²) < 4.78 is 5.02. The van der Waals surface area contributed by atoms with Crippen LogP contribution in [0.5, 0.6) is 0 Å². The van der Waals surface area contributed by atoms with E-state index >= 15 is 0 Å². The molecule has 1 rings (SSSR count). The quantitative estimate of drug-likeness (QED) is 0.809. The Balaban J connectivity index is 2.16. The van der Waals surface area contributed by atoms with Gasteiger partial charge in [-0.2, -0.15) is 0 Å². The molecule has 0 bridgehead atoms. The van der Waals surface area contributed by atoms with Crippen LogP contribution in [0.4, 0.5) is 4.79 Å². The number of amides is 1. The first-order valence-electron chi connectivity index (χ1n) is 5.73. The topological polar surface area (TPSA) is 38.3 Å². The maximum atomic E-state index is 11.2. The van der Waals surface area contributed by atoms with Crippen LogP contribution in [-0.2, 0) is 11.3 Å². The number of ether oxygens (including phenoxy) is 1. The van der Waals surface area contributed by atoms with Crippen molar-refractivity contribution in [1.29, 1.82) is 0 Å². The number of nitrogens with one attached hydrogen (secondary N) is 1. The highest BCUT2D eigenvalue weighted by molar-refractivity contribution is 5.67. The van der Waals surface area contributed by atoms with Gasteiger partial charge in [0.2, 0.25) is 0 Å². The Bertz CT molecular complexity index is 390. The summed E-state index contributed by atoms with van der Waals surface area (Å²) in [5, 5.41) is 2.58. The van der Waals surface area contributed by atoms with Crippen molar-refractivity contribution in [3.05, 3.63) is 35.9 Å². The van der Waals surface area contributed by atoms with E-state index in [9.17, 15) is 4.79 Å². The van der Waals surface area contributed by atoms with Gasteiger partial charge in [0.05, 0.1) is 6.54 Å². The summed E-state index contributed by atoms with van der Waals surface area (Å²) in [6, 6.07) is 9.56. The molecule has 0 heterocycles. The maximum Gasteiger partial charge on any atom is 0.408 e. The molecule has 0 aliphatic carbocycles. The van der Waals surface area contributed by atoms with Gasteiger partial charge in [0, 0.05) is 6.42 Å². The summed E-state index contributed by atoms with van der Waals surface area (Å²) in [6.07, 6.45) is 1.46. The highest BCUT2D eigenvalue weighted by atomic mass is 16.5. The van der Waals surface area contributed by atoms with Crippen LogP contribution in [-0.4, -0.2) is 12.6 Å². The van der Waals surface area contributed by atoms with Gasteiger partial charge >= 0.3 is 6.09 Å². The molecular formula is C14H17NO2. The van der Waals surface area contributed by atoms with Crippen molar-refractivity contribution in [2.24, 2.45) is 0 Å². The minimum absolute atomic E-state index is 0.287. The number of carbonyl (C=O) groups is 1. The third-order valence-corrected chi connectivity index (χ3v) is 2.03.